The molecule has 0 radical (unpaired) electrons. The average Bonchev–Trinajstić information content (AvgIpc) is 2.30. The summed E-state index contributed by atoms with van der Waals surface area (Å²) in [5, 5.41) is 0. The molecule has 1 aliphatic rings. The van der Waals surface area contributed by atoms with Crippen LogP contribution in [0, 0.1) is 0 Å². The van der Waals surface area contributed by atoms with E-state index in [-0.39, 0.29) is 0 Å². The zero-order chi connectivity index (χ0) is 10.7. The van der Waals surface area contributed by atoms with Gasteiger partial charge in [0.1, 0.15) is 0 Å². The summed E-state index contributed by atoms with van der Waals surface area (Å²) in [4.78, 5) is 8.36. The standard InChI is InChI=1S/C12H15N3/c1-14-8-7-13-10-15(2)12-6-4-3-5-11(12)9-14/h3-8,10H,9H2,1-2H3/b8-7-,13-10+. The van der Waals surface area contributed by atoms with E-state index in [4.69, 9.17) is 0 Å². The second-order valence-corrected chi connectivity index (χ2v) is 3.72. The Hall–Kier alpha value is -1.77. The lowest BCUT2D eigenvalue weighted by molar-refractivity contribution is 0.451. The number of benzene rings is 1. The quantitative estimate of drug-likeness (QED) is 0.640. The van der Waals surface area contributed by atoms with E-state index in [1.807, 2.05) is 37.7 Å². The fourth-order valence-corrected chi connectivity index (χ4v) is 1.66. The molecule has 0 spiro atoms. The van der Waals surface area contributed by atoms with Crippen LogP contribution in [0.4, 0.5) is 5.69 Å². The number of rotatable bonds is 0. The monoisotopic (exact) mass is 201 g/mol. The number of para-hydroxylation sites is 1. The van der Waals surface area contributed by atoms with Crippen LogP contribution in [-0.4, -0.2) is 25.3 Å². The lowest BCUT2D eigenvalue weighted by Crippen LogP contribution is -2.17. The molecule has 1 aliphatic heterocycles. The van der Waals surface area contributed by atoms with Crippen LogP contribution in [0.25, 0.3) is 0 Å². The molecular weight excluding hydrogens is 186 g/mol. The minimum absolute atomic E-state index is 0.903. The van der Waals surface area contributed by atoms with E-state index in [1.165, 1.54) is 11.3 Å². The molecule has 3 nitrogen and oxygen atoms in total. The SMILES string of the molecule is CN1/C=C\N=C\N(C)c2ccccc2C1. The normalized spacial score (nSPS) is 19.9. The molecule has 0 N–H and O–H groups in total. The fourth-order valence-electron chi connectivity index (χ4n) is 1.66. The molecule has 1 aromatic rings. The molecule has 0 bridgehead atoms. The largest absolute Gasteiger partial charge is 0.375 e. The van der Waals surface area contributed by atoms with Crippen LogP contribution in [0.5, 0.6) is 0 Å². The van der Waals surface area contributed by atoms with Gasteiger partial charge in [-0.25, -0.2) is 4.99 Å². The number of anilines is 1. The maximum absolute atomic E-state index is 4.20. The van der Waals surface area contributed by atoms with Gasteiger partial charge in [-0.15, -0.1) is 0 Å². The molecule has 0 aliphatic carbocycles. The van der Waals surface area contributed by atoms with Gasteiger partial charge in [0.15, 0.2) is 0 Å². The van der Waals surface area contributed by atoms with Gasteiger partial charge in [-0.3, -0.25) is 0 Å². The summed E-state index contributed by atoms with van der Waals surface area (Å²) in [5.74, 6) is 0. The predicted molar refractivity (Wildman–Crippen MR) is 63.9 cm³/mol. The van der Waals surface area contributed by atoms with Crippen molar-refractivity contribution in [2.75, 3.05) is 19.0 Å². The third-order valence-corrected chi connectivity index (χ3v) is 2.44. The van der Waals surface area contributed by atoms with Crippen LogP contribution < -0.4 is 4.90 Å². The molecule has 0 amide bonds. The zero-order valence-electron chi connectivity index (χ0n) is 9.09. The van der Waals surface area contributed by atoms with Crippen LogP contribution in [0.15, 0.2) is 41.7 Å². The van der Waals surface area contributed by atoms with E-state index >= 15 is 0 Å². The molecule has 3 heteroatoms. The summed E-state index contributed by atoms with van der Waals surface area (Å²) in [7, 11) is 4.07. The van der Waals surface area contributed by atoms with Gasteiger partial charge in [0.2, 0.25) is 0 Å². The van der Waals surface area contributed by atoms with Crippen molar-refractivity contribution in [1.29, 1.82) is 0 Å². The highest BCUT2D eigenvalue weighted by molar-refractivity contribution is 5.80. The second-order valence-electron chi connectivity index (χ2n) is 3.72. The highest BCUT2D eigenvalue weighted by Gasteiger charge is 2.06. The van der Waals surface area contributed by atoms with Crippen LogP contribution in [0.3, 0.4) is 0 Å². The Morgan fingerprint density at radius 1 is 1.20 bits per heavy atom. The van der Waals surface area contributed by atoms with E-state index in [2.05, 4.69) is 34.2 Å². The van der Waals surface area contributed by atoms with Crippen molar-refractivity contribution in [2.45, 2.75) is 6.54 Å². The van der Waals surface area contributed by atoms with Gasteiger partial charge in [0, 0.05) is 38.7 Å². The lowest BCUT2D eigenvalue weighted by Gasteiger charge is -2.19. The molecule has 0 fully saturated rings. The molecule has 0 atom stereocenters. The first-order valence-corrected chi connectivity index (χ1v) is 4.98. The first-order chi connectivity index (χ1) is 7.27. The summed E-state index contributed by atoms with van der Waals surface area (Å²) in [6.07, 6.45) is 5.61. The van der Waals surface area contributed by atoms with Crippen molar-refractivity contribution in [2.24, 2.45) is 4.99 Å². The topological polar surface area (TPSA) is 18.8 Å². The minimum Gasteiger partial charge on any atom is -0.375 e. The summed E-state index contributed by atoms with van der Waals surface area (Å²) >= 11 is 0. The Morgan fingerprint density at radius 3 is 2.87 bits per heavy atom. The van der Waals surface area contributed by atoms with Gasteiger partial charge in [0.05, 0.1) is 6.34 Å². The molecule has 0 unspecified atom stereocenters. The number of aliphatic imine (C=N–C) groups is 1. The second kappa shape index (κ2) is 4.17. The van der Waals surface area contributed by atoms with E-state index in [0.717, 1.165) is 6.54 Å². The zero-order valence-corrected chi connectivity index (χ0v) is 9.09. The van der Waals surface area contributed by atoms with Crippen LogP contribution in [-0.2, 0) is 6.54 Å². The van der Waals surface area contributed by atoms with Gasteiger partial charge in [0.25, 0.3) is 0 Å². The third kappa shape index (κ3) is 2.18. The van der Waals surface area contributed by atoms with Gasteiger partial charge >= 0.3 is 0 Å². The molecule has 0 saturated heterocycles. The van der Waals surface area contributed by atoms with Gasteiger partial charge in [-0.05, 0) is 11.6 Å². The van der Waals surface area contributed by atoms with E-state index in [0.29, 0.717) is 0 Å². The Morgan fingerprint density at radius 2 is 2.00 bits per heavy atom. The summed E-state index contributed by atoms with van der Waals surface area (Å²) in [6, 6.07) is 8.38. The number of hydrogen-bond donors (Lipinski definition) is 0. The van der Waals surface area contributed by atoms with Gasteiger partial charge in [-0.2, -0.15) is 0 Å². The smallest absolute Gasteiger partial charge is 0.0947 e. The first kappa shape index (κ1) is 9.77. The maximum Gasteiger partial charge on any atom is 0.0947 e. The fraction of sp³-hybridized carbons (Fsp3) is 0.250. The molecule has 15 heavy (non-hydrogen) atoms. The molecule has 2 rings (SSSR count). The van der Waals surface area contributed by atoms with Crippen molar-refractivity contribution >= 4 is 12.0 Å². The van der Waals surface area contributed by atoms with Crippen LogP contribution in [0.2, 0.25) is 0 Å². The van der Waals surface area contributed by atoms with Gasteiger partial charge < -0.3 is 9.80 Å². The molecule has 0 aromatic heterocycles. The summed E-state index contributed by atoms with van der Waals surface area (Å²) in [5.41, 5.74) is 2.51. The highest BCUT2D eigenvalue weighted by atomic mass is 15.1. The van der Waals surface area contributed by atoms with E-state index in [1.54, 1.807) is 0 Å². The Labute approximate surface area is 90.3 Å². The molecular formula is C12H15N3. The third-order valence-electron chi connectivity index (χ3n) is 2.44. The average molecular weight is 201 g/mol. The maximum atomic E-state index is 4.20. The van der Waals surface area contributed by atoms with Crippen molar-refractivity contribution in [3.63, 3.8) is 0 Å². The van der Waals surface area contributed by atoms with Gasteiger partial charge in [-0.1, -0.05) is 18.2 Å². The van der Waals surface area contributed by atoms with Crippen LogP contribution >= 0.6 is 0 Å². The summed E-state index contributed by atoms with van der Waals surface area (Å²) in [6.45, 7) is 0.903. The molecule has 0 saturated carbocycles. The van der Waals surface area contributed by atoms with Crippen LogP contribution in [0.1, 0.15) is 5.56 Å². The Kier molecular flexibility index (Phi) is 2.72. The minimum atomic E-state index is 0.903. The highest BCUT2D eigenvalue weighted by Crippen LogP contribution is 2.20. The van der Waals surface area contributed by atoms with E-state index in [9.17, 15) is 0 Å². The molecule has 1 aromatic carbocycles. The summed E-state index contributed by atoms with van der Waals surface area (Å²) < 4.78 is 0. The predicted octanol–water partition coefficient (Wildman–Crippen LogP) is 2.07. The number of hydrogen-bond acceptors (Lipinski definition) is 3. The van der Waals surface area contributed by atoms with Crippen molar-refractivity contribution < 1.29 is 0 Å². The number of nitrogens with zero attached hydrogens (tertiary/aromatic N) is 3. The van der Waals surface area contributed by atoms with Crippen molar-refractivity contribution in [1.82, 2.24) is 4.90 Å². The number of fused-ring (bicyclic) bond motifs is 1. The van der Waals surface area contributed by atoms with E-state index < -0.39 is 0 Å². The van der Waals surface area contributed by atoms with Crippen molar-refractivity contribution in [3.05, 3.63) is 42.2 Å². The first-order valence-electron chi connectivity index (χ1n) is 4.98. The van der Waals surface area contributed by atoms with Crippen molar-refractivity contribution in [3.8, 4) is 0 Å². The lowest BCUT2D eigenvalue weighted by atomic mass is 10.1. The Balaban J connectivity index is 2.42. The molecule has 78 valence electrons. The Bertz CT molecular complexity index is 396. The molecule has 1 heterocycles.